The second-order valence-electron chi connectivity index (χ2n) is 5.71. The first-order chi connectivity index (χ1) is 7.48. The molecule has 0 aromatic rings. The summed E-state index contributed by atoms with van der Waals surface area (Å²) in [7, 11) is 0. The molecule has 2 aliphatic rings. The maximum absolute atomic E-state index is 12.0. The second-order valence-corrected chi connectivity index (χ2v) is 5.71. The second kappa shape index (κ2) is 4.04. The van der Waals surface area contributed by atoms with Crippen molar-refractivity contribution in [1.29, 1.82) is 0 Å². The molecule has 1 fully saturated rings. The van der Waals surface area contributed by atoms with Crippen molar-refractivity contribution >= 4 is 12.1 Å². The average Bonchev–Trinajstić information content (AvgIpc) is 2.88. The molecule has 1 heterocycles. The molecular formula is C13H20N2O. The first-order valence-electron chi connectivity index (χ1n) is 6.02. The maximum Gasteiger partial charge on any atom is 0.225 e. The predicted molar refractivity (Wildman–Crippen MR) is 65.3 cm³/mol. The van der Waals surface area contributed by atoms with E-state index in [0.29, 0.717) is 5.92 Å². The molecule has 1 atom stereocenters. The Morgan fingerprint density at radius 1 is 1.50 bits per heavy atom. The van der Waals surface area contributed by atoms with Gasteiger partial charge in [0.1, 0.15) is 0 Å². The standard InChI is InChI=1S/C13H20N2O/c1-13(2,3)12(16)15-11(9-6-7-9)10-5-4-8-14-10/h5,8-9,11H,4,6-7H2,1-3H3,(H,15,16). The summed E-state index contributed by atoms with van der Waals surface area (Å²) in [6.07, 6.45) is 7.35. The molecular weight excluding hydrogens is 200 g/mol. The average molecular weight is 220 g/mol. The molecule has 0 aromatic heterocycles. The van der Waals surface area contributed by atoms with Gasteiger partial charge in [-0.25, -0.2) is 0 Å². The maximum atomic E-state index is 12.0. The summed E-state index contributed by atoms with van der Waals surface area (Å²) in [5, 5.41) is 3.14. The predicted octanol–water partition coefficient (Wildman–Crippen LogP) is 2.29. The van der Waals surface area contributed by atoms with Gasteiger partial charge in [0.2, 0.25) is 5.91 Å². The highest BCUT2D eigenvalue weighted by molar-refractivity contribution is 5.82. The van der Waals surface area contributed by atoms with Gasteiger partial charge >= 0.3 is 0 Å². The minimum atomic E-state index is -0.323. The Kier molecular flexibility index (Phi) is 2.87. The van der Waals surface area contributed by atoms with Gasteiger partial charge < -0.3 is 5.32 Å². The molecule has 16 heavy (non-hydrogen) atoms. The largest absolute Gasteiger partial charge is 0.347 e. The van der Waals surface area contributed by atoms with Crippen molar-refractivity contribution in [2.45, 2.75) is 46.1 Å². The van der Waals surface area contributed by atoms with Crippen LogP contribution in [-0.2, 0) is 4.79 Å². The fraction of sp³-hybridized carbons (Fsp3) is 0.692. The number of allylic oxidation sites excluding steroid dienone is 1. The monoisotopic (exact) mass is 220 g/mol. The molecule has 0 bridgehead atoms. The Morgan fingerprint density at radius 2 is 2.19 bits per heavy atom. The lowest BCUT2D eigenvalue weighted by Gasteiger charge is -2.24. The zero-order valence-corrected chi connectivity index (χ0v) is 10.3. The van der Waals surface area contributed by atoms with Crippen molar-refractivity contribution in [2.24, 2.45) is 16.3 Å². The van der Waals surface area contributed by atoms with E-state index in [2.05, 4.69) is 16.4 Å². The highest BCUT2D eigenvalue weighted by Gasteiger charge is 2.36. The van der Waals surface area contributed by atoms with E-state index in [1.54, 1.807) is 0 Å². The van der Waals surface area contributed by atoms with Crippen molar-refractivity contribution in [3.05, 3.63) is 11.8 Å². The Balaban J connectivity index is 2.04. The van der Waals surface area contributed by atoms with Gasteiger partial charge in [-0.3, -0.25) is 9.79 Å². The number of carbonyl (C=O) groups is 1. The van der Waals surface area contributed by atoms with Crippen LogP contribution in [0.25, 0.3) is 0 Å². The van der Waals surface area contributed by atoms with E-state index in [9.17, 15) is 4.79 Å². The summed E-state index contributed by atoms with van der Waals surface area (Å²) in [5.74, 6) is 0.722. The van der Waals surface area contributed by atoms with Crippen molar-refractivity contribution in [3.8, 4) is 0 Å². The molecule has 0 spiro atoms. The number of carbonyl (C=O) groups excluding carboxylic acids is 1. The first-order valence-corrected chi connectivity index (χ1v) is 6.02. The summed E-state index contributed by atoms with van der Waals surface area (Å²) in [6.45, 7) is 5.83. The molecule has 3 nitrogen and oxygen atoms in total. The zero-order valence-electron chi connectivity index (χ0n) is 10.3. The number of rotatable bonds is 3. The lowest BCUT2D eigenvalue weighted by Crippen LogP contribution is -2.43. The number of hydrogen-bond donors (Lipinski definition) is 1. The van der Waals surface area contributed by atoms with Crippen molar-refractivity contribution in [2.75, 3.05) is 0 Å². The Bertz CT molecular complexity index is 345. The third-order valence-corrected chi connectivity index (χ3v) is 3.05. The summed E-state index contributed by atoms with van der Waals surface area (Å²) >= 11 is 0. The van der Waals surface area contributed by atoms with Crippen LogP contribution >= 0.6 is 0 Å². The molecule has 1 N–H and O–H groups in total. The van der Waals surface area contributed by atoms with E-state index < -0.39 is 0 Å². The fourth-order valence-corrected chi connectivity index (χ4v) is 1.81. The number of amides is 1. The van der Waals surface area contributed by atoms with Gasteiger partial charge in [-0.1, -0.05) is 26.8 Å². The van der Waals surface area contributed by atoms with Crippen LogP contribution in [0.1, 0.15) is 40.0 Å². The van der Waals surface area contributed by atoms with Gasteiger partial charge in [-0.15, -0.1) is 0 Å². The zero-order chi connectivity index (χ0) is 11.8. The number of nitrogens with zero attached hydrogens (tertiary/aromatic N) is 1. The molecule has 1 aliphatic carbocycles. The van der Waals surface area contributed by atoms with E-state index in [4.69, 9.17) is 0 Å². The van der Waals surface area contributed by atoms with Crippen molar-refractivity contribution < 1.29 is 4.79 Å². The molecule has 0 aromatic carbocycles. The summed E-state index contributed by atoms with van der Waals surface area (Å²) in [6, 6.07) is 0.144. The molecule has 88 valence electrons. The van der Waals surface area contributed by atoms with Crippen LogP contribution in [0.2, 0.25) is 0 Å². The Labute approximate surface area is 97.0 Å². The van der Waals surface area contributed by atoms with Crippen LogP contribution in [0.15, 0.2) is 16.8 Å². The first kappa shape index (κ1) is 11.4. The van der Waals surface area contributed by atoms with E-state index in [1.165, 1.54) is 12.8 Å². The minimum Gasteiger partial charge on any atom is -0.347 e. The van der Waals surface area contributed by atoms with E-state index in [1.807, 2.05) is 27.0 Å². The molecule has 1 amide bonds. The van der Waals surface area contributed by atoms with Crippen LogP contribution in [0, 0.1) is 11.3 Å². The highest BCUT2D eigenvalue weighted by Crippen LogP contribution is 2.37. The summed E-state index contributed by atoms with van der Waals surface area (Å²) < 4.78 is 0. The SMILES string of the molecule is CC(C)(C)C(=O)NC(C1=CCC=N1)C1CC1. The van der Waals surface area contributed by atoms with Crippen LogP contribution in [-0.4, -0.2) is 18.2 Å². The topological polar surface area (TPSA) is 41.5 Å². The van der Waals surface area contributed by atoms with E-state index in [0.717, 1.165) is 12.1 Å². The smallest absolute Gasteiger partial charge is 0.225 e. The van der Waals surface area contributed by atoms with Gasteiger partial charge in [-0.2, -0.15) is 0 Å². The van der Waals surface area contributed by atoms with Crippen LogP contribution in [0.3, 0.4) is 0 Å². The van der Waals surface area contributed by atoms with Crippen LogP contribution in [0.5, 0.6) is 0 Å². The number of aliphatic imine (C=N–C) groups is 1. The number of nitrogens with one attached hydrogen (secondary N) is 1. The molecule has 1 saturated carbocycles. The quantitative estimate of drug-likeness (QED) is 0.779. The molecule has 1 aliphatic heterocycles. The van der Waals surface area contributed by atoms with Gasteiger partial charge in [0.05, 0.1) is 11.7 Å². The lowest BCUT2D eigenvalue weighted by molar-refractivity contribution is -0.129. The third kappa shape index (κ3) is 2.52. The normalized spacial score (nSPS) is 21.8. The molecule has 3 heteroatoms. The van der Waals surface area contributed by atoms with Crippen molar-refractivity contribution in [1.82, 2.24) is 5.32 Å². The summed E-state index contributed by atoms with van der Waals surface area (Å²) in [4.78, 5) is 16.3. The summed E-state index contributed by atoms with van der Waals surface area (Å²) in [5.41, 5.74) is 0.732. The molecule has 0 saturated heterocycles. The van der Waals surface area contributed by atoms with Gasteiger partial charge in [0.15, 0.2) is 0 Å². The minimum absolute atomic E-state index is 0.118. The van der Waals surface area contributed by atoms with Gasteiger partial charge in [0, 0.05) is 18.1 Å². The number of hydrogen-bond acceptors (Lipinski definition) is 2. The molecule has 0 radical (unpaired) electrons. The van der Waals surface area contributed by atoms with E-state index >= 15 is 0 Å². The third-order valence-electron chi connectivity index (χ3n) is 3.05. The fourth-order valence-electron chi connectivity index (χ4n) is 1.81. The van der Waals surface area contributed by atoms with Gasteiger partial charge in [0.25, 0.3) is 0 Å². The molecule has 2 rings (SSSR count). The highest BCUT2D eigenvalue weighted by atomic mass is 16.2. The van der Waals surface area contributed by atoms with Crippen LogP contribution < -0.4 is 5.32 Å². The van der Waals surface area contributed by atoms with Gasteiger partial charge in [-0.05, 0) is 18.8 Å². The Morgan fingerprint density at radius 3 is 2.62 bits per heavy atom. The lowest BCUT2D eigenvalue weighted by atomic mass is 9.94. The van der Waals surface area contributed by atoms with Crippen LogP contribution in [0.4, 0.5) is 0 Å². The molecule has 1 unspecified atom stereocenters. The van der Waals surface area contributed by atoms with Crippen molar-refractivity contribution in [3.63, 3.8) is 0 Å². The van der Waals surface area contributed by atoms with E-state index in [-0.39, 0.29) is 17.4 Å². The Hall–Kier alpha value is -1.12.